The van der Waals surface area contributed by atoms with E-state index in [-0.39, 0.29) is 0 Å². The van der Waals surface area contributed by atoms with E-state index < -0.39 is 0 Å². The molecule has 0 aromatic heterocycles. The van der Waals surface area contributed by atoms with Gasteiger partial charge in [0.05, 0.1) is 0 Å². The Morgan fingerprint density at radius 3 is 2.08 bits per heavy atom. The Morgan fingerprint density at radius 1 is 0.917 bits per heavy atom. The monoisotopic (exact) mass is 169 g/mol. The van der Waals surface area contributed by atoms with Crippen LogP contribution in [0, 0.1) is 18.3 Å². The van der Waals surface area contributed by atoms with Gasteiger partial charge in [-0.05, 0) is 24.7 Å². The third-order valence-electron chi connectivity index (χ3n) is 2.08. The zero-order chi connectivity index (χ0) is 9.40. The molecule has 0 bridgehead atoms. The van der Waals surface area contributed by atoms with Gasteiger partial charge < -0.3 is 0 Å². The van der Waals surface area contributed by atoms with Crippen LogP contribution in [0.1, 0.15) is 59.8 Å². The van der Waals surface area contributed by atoms with E-state index in [1.807, 2.05) is 0 Å². The molecule has 0 nitrogen and oxygen atoms in total. The molecule has 0 saturated heterocycles. The van der Waals surface area contributed by atoms with Crippen molar-refractivity contribution in [2.75, 3.05) is 0 Å². The molecule has 12 heavy (non-hydrogen) atoms. The molecule has 0 atom stereocenters. The number of unbranched alkanes of at least 4 members (excludes halogenated alkanes) is 3. The van der Waals surface area contributed by atoms with Crippen LogP contribution >= 0.6 is 0 Å². The Bertz CT molecular complexity index is 70.0. The summed E-state index contributed by atoms with van der Waals surface area (Å²) in [5.74, 6) is 1.73. The van der Waals surface area contributed by atoms with Crippen molar-refractivity contribution in [3.63, 3.8) is 0 Å². The number of rotatable bonds is 7. The third-order valence-corrected chi connectivity index (χ3v) is 2.08. The molecule has 0 saturated carbocycles. The highest BCUT2D eigenvalue weighted by Gasteiger charge is 1.96. The fourth-order valence-corrected chi connectivity index (χ4v) is 1.29. The van der Waals surface area contributed by atoms with E-state index >= 15 is 0 Å². The summed E-state index contributed by atoms with van der Waals surface area (Å²) in [5, 5.41) is 0. The summed E-state index contributed by atoms with van der Waals surface area (Å²) >= 11 is 0. The summed E-state index contributed by atoms with van der Waals surface area (Å²) in [6.07, 6.45) is 9.27. The molecular weight excluding hydrogens is 144 g/mol. The van der Waals surface area contributed by atoms with Crippen molar-refractivity contribution >= 4 is 0 Å². The van der Waals surface area contributed by atoms with Crippen molar-refractivity contribution < 1.29 is 0 Å². The van der Waals surface area contributed by atoms with Gasteiger partial charge in [0.15, 0.2) is 0 Å². The summed E-state index contributed by atoms with van der Waals surface area (Å²) in [4.78, 5) is 0. The second kappa shape index (κ2) is 7.64. The average Bonchev–Trinajstić information content (AvgIpc) is 1.95. The van der Waals surface area contributed by atoms with Crippen LogP contribution in [-0.2, 0) is 0 Å². The highest BCUT2D eigenvalue weighted by molar-refractivity contribution is 4.66. The number of hydrogen-bond donors (Lipinski definition) is 0. The lowest BCUT2D eigenvalue weighted by Crippen LogP contribution is -1.90. The molecule has 0 rings (SSSR count). The predicted octanol–water partition coefficient (Wildman–Crippen LogP) is 4.45. The van der Waals surface area contributed by atoms with Gasteiger partial charge in [-0.2, -0.15) is 0 Å². The highest BCUT2D eigenvalue weighted by Crippen LogP contribution is 2.12. The summed E-state index contributed by atoms with van der Waals surface area (Å²) in [7, 11) is 0. The highest BCUT2D eigenvalue weighted by atomic mass is 14.0. The smallest absolute Gasteiger partial charge is 0.0383 e. The van der Waals surface area contributed by atoms with E-state index in [0.29, 0.717) is 0 Å². The lowest BCUT2D eigenvalue weighted by Gasteiger charge is -2.05. The lowest BCUT2D eigenvalue weighted by molar-refractivity contribution is 0.527. The molecule has 0 spiro atoms. The maximum absolute atomic E-state index is 2.45. The zero-order valence-electron chi connectivity index (χ0n) is 9.27. The van der Waals surface area contributed by atoms with E-state index in [1.54, 1.807) is 0 Å². The van der Waals surface area contributed by atoms with Gasteiger partial charge >= 0.3 is 0 Å². The molecule has 73 valence electrons. The van der Waals surface area contributed by atoms with E-state index in [4.69, 9.17) is 0 Å². The fourth-order valence-electron chi connectivity index (χ4n) is 1.29. The molecule has 0 aromatic carbocycles. The lowest BCUT2D eigenvalue weighted by atomic mass is 10.0. The minimum absolute atomic E-state index is 0.843. The summed E-state index contributed by atoms with van der Waals surface area (Å²) in [6.45, 7) is 9.17. The van der Waals surface area contributed by atoms with Crippen LogP contribution in [0.5, 0.6) is 0 Å². The van der Waals surface area contributed by atoms with E-state index in [9.17, 15) is 0 Å². The molecule has 0 heterocycles. The maximum atomic E-state index is 2.45. The minimum Gasteiger partial charge on any atom is -0.0628 e. The quantitative estimate of drug-likeness (QED) is 0.494. The van der Waals surface area contributed by atoms with Gasteiger partial charge in [-0.25, -0.2) is 0 Å². The maximum Gasteiger partial charge on any atom is -0.0383 e. The first kappa shape index (κ1) is 12.0. The summed E-state index contributed by atoms with van der Waals surface area (Å²) < 4.78 is 0. The summed E-state index contributed by atoms with van der Waals surface area (Å²) in [6, 6.07) is 0. The average molecular weight is 169 g/mol. The Labute approximate surface area is 78.8 Å². The molecule has 0 heteroatoms. The predicted molar refractivity (Wildman–Crippen MR) is 57.1 cm³/mol. The fraction of sp³-hybridized carbons (Fsp3) is 0.917. The SMILES string of the molecule is CC(C)C[CH]CCCCC(C)C. The van der Waals surface area contributed by atoms with Crippen LogP contribution in [0.4, 0.5) is 0 Å². The van der Waals surface area contributed by atoms with Crippen molar-refractivity contribution in [3.8, 4) is 0 Å². The topological polar surface area (TPSA) is 0 Å². The van der Waals surface area contributed by atoms with E-state index in [1.165, 1.54) is 32.1 Å². The normalized spacial score (nSPS) is 11.5. The largest absolute Gasteiger partial charge is 0.0628 e. The first-order chi connectivity index (χ1) is 5.63. The molecule has 0 amide bonds. The van der Waals surface area contributed by atoms with Crippen LogP contribution in [0.3, 0.4) is 0 Å². The van der Waals surface area contributed by atoms with Gasteiger partial charge in [0.2, 0.25) is 0 Å². The minimum atomic E-state index is 0.843. The van der Waals surface area contributed by atoms with Crippen molar-refractivity contribution in [2.45, 2.75) is 59.8 Å². The van der Waals surface area contributed by atoms with Crippen molar-refractivity contribution in [3.05, 3.63) is 6.42 Å². The molecule has 0 N–H and O–H groups in total. The zero-order valence-corrected chi connectivity index (χ0v) is 9.27. The Balaban J connectivity index is 2.91. The molecular formula is C12H25. The van der Waals surface area contributed by atoms with Gasteiger partial charge in [0, 0.05) is 0 Å². The molecule has 0 unspecified atom stereocenters. The third kappa shape index (κ3) is 10.0. The van der Waals surface area contributed by atoms with Gasteiger partial charge in [0.1, 0.15) is 0 Å². The van der Waals surface area contributed by atoms with E-state index in [0.717, 1.165) is 11.8 Å². The van der Waals surface area contributed by atoms with Crippen LogP contribution < -0.4 is 0 Å². The second-order valence-electron chi connectivity index (χ2n) is 4.60. The second-order valence-corrected chi connectivity index (χ2v) is 4.60. The van der Waals surface area contributed by atoms with Gasteiger partial charge in [-0.15, -0.1) is 0 Å². The first-order valence-corrected chi connectivity index (χ1v) is 5.44. The molecule has 0 aliphatic heterocycles. The molecule has 0 aromatic rings. The van der Waals surface area contributed by atoms with Crippen molar-refractivity contribution in [1.82, 2.24) is 0 Å². The van der Waals surface area contributed by atoms with Gasteiger partial charge in [-0.3, -0.25) is 0 Å². The van der Waals surface area contributed by atoms with E-state index in [2.05, 4.69) is 34.1 Å². The molecule has 0 fully saturated rings. The Hall–Kier alpha value is 0. The van der Waals surface area contributed by atoms with Gasteiger partial charge in [0.25, 0.3) is 0 Å². The first-order valence-electron chi connectivity index (χ1n) is 5.44. The van der Waals surface area contributed by atoms with Crippen LogP contribution in [-0.4, -0.2) is 0 Å². The van der Waals surface area contributed by atoms with Gasteiger partial charge in [-0.1, -0.05) is 53.4 Å². The van der Waals surface area contributed by atoms with Crippen LogP contribution in [0.25, 0.3) is 0 Å². The van der Waals surface area contributed by atoms with Crippen LogP contribution in [0.15, 0.2) is 0 Å². The van der Waals surface area contributed by atoms with Crippen molar-refractivity contribution in [2.24, 2.45) is 11.8 Å². The van der Waals surface area contributed by atoms with Crippen molar-refractivity contribution in [1.29, 1.82) is 0 Å². The molecule has 1 radical (unpaired) electrons. The number of hydrogen-bond acceptors (Lipinski definition) is 0. The Morgan fingerprint density at radius 2 is 1.58 bits per heavy atom. The standard InChI is InChI=1S/C12H25/c1-11(2)9-7-5-6-8-10-12(3)4/h7,11-12H,5-6,8-10H2,1-4H3. The molecule has 0 aliphatic carbocycles. The molecule has 0 aliphatic rings. The van der Waals surface area contributed by atoms with Crippen LogP contribution in [0.2, 0.25) is 0 Å². The summed E-state index contributed by atoms with van der Waals surface area (Å²) in [5.41, 5.74) is 0. The Kier molecular flexibility index (Phi) is 7.64.